The van der Waals surface area contributed by atoms with Gasteiger partial charge in [0.15, 0.2) is 0 Å². The highest BCUT2D eigenvalue weighted by Gasteiger charge is 2.30. The normalized spacial score (nSPS) is 17.8. The molecule has 1 aliphatic heterocycles. The summed E-state index contributed by atoms with van der Waals surface area (Å²) in [7, 11) is 0. The zero-order valence-electron chi connectivity index (χ0n) is 24.1. The molecule has 3 aromatic carbocycles. The van der Waals surface area contributed by atoms with E-state index in [1.54, 1.807) is 29.2 Å². The first-order valence-electron chi connectivity index (χ1n) is 15.2. The average molecular weight is 577 g/mol. The number of carboxylic acids is 1. The van der Waals surface area contributed by atoms with Crippen LogP contribution >= 0.6 is 0 Å². The minimum Gasteiger partial charge on any atom is -0.478 e. The van der Waals surface area contributed by atoms with Crippen LogP contribution in [0.25, 0.3) is 22.7 Å². The number of hydrogen-bond acceptors (Lipinski definition) is 4. The minimum absolute atomic E-state index is 0.0811. The second kappa shape index (κ2) is 12.7. The first-order chi connectivity index (χ1) is 21.0. The molecule has 1 saturated heterocycles. The highest BCUT2D eigenvalue weighted by molar-refractivity contribution is 5.99. The third-order valence-electron chi connectivity index (χ3n) is 8.63. The molecule has 220 valence electrons. The number of hydrogen-bond donors (Lipinski definition) is 2. The van der Waals surface area contributed by atoms with Gasteiger partial charge in [-0.3, -0.25) is 9.59 Å². The third kappa shape index (κ3) is 6.38. The lowest BCUT2D eigenvalue weighted by Crippen LogP contribution is -2.43. The molecule has 2 amide bonds. The van der Waals surface area contributed by atoms with Crippen molar-refractivity contribution in [1.82, 2.24) is 14.7 Å². The maximum atomic E-state index is 13.7. The number of nitrogens with zero attached hydrogens (tertiary/aromatic N) is 3. The first kappa shape index (κ1) is 28.4. The Morgan fingerprint density at radius 2 is 1.65 bits per heavy atom. The molecule has 0 spiro atoms. The molecule has 1 atom stereocenters. The molecule has 8 heteroatoms. The van der Waals surface area contributed by atoms with Crippen molar-refractivity contribution in [3.05, 3.63) is 95.7 Å². The van der Waals surface area contributed by atoms with Gasteiger partial charge in [-0.05, 0) is 73.7 Å². The van der Waals surface area contributed by atoms with E-state index in [9.17, 15) is 14.4 Å². The minimum atomic E-state index is -1.01. The Bertz CT molecular complexity index is 1650. The van der Waals surface area contributed by atoms with E-state index in [1.165, 1.54) is 31.0 Å². The molecule has 1 aromatic heterocycles. The van der Waals surface area contributed by atoms with Gasteiger partial charge in [0.25, 0.3) is 5.91 Å². The maximum absolute atomic E-state index is 13.7. The fourth-order valence-corrected chi connectivity index (χ4v) is 6.42. The van der Waals surface area contributed by atoms with E-state index in [0.29, 0.717) is 36.7 Å². The molecule has 1 saturated carbocycles. The largest absolute Gasteiger partial charge is 0.478 e. The van der Waals surface area contributed by atoms with Crippen molar-refractivity contribution in [2.75, 3.05) is 18.4 Å². The van der Waals surface area contributed by atoms with Crippen LogP contribution in [-0.4, -0.2) is 50.7 Å². The van der Waals surface area contributed by atoms with Gasteiger partial charge < -0.3 is 15.3 Å². The number of anilines is 1. The number of aromatic nitrogens is 2. The standard InChI is InChI=1S/C35H36N4O4/c40-32(41)20-15-24-13-17-28(18-14-24)36-34(42)27-10-7-21-38(23-27)35(43)26-16-19-30-31(22-26)37-39(29-11-5-2-6-12-29)33(30)25-8-3-1-4-9-25/h2,5-6,11-20,22,25,27H,1,3-4,7-10,21,23H2,(H,36,42)(H,40,41). The molecule has 1 unspecified atom stereocenters. The van der Waals surface area contributed by atoms with Crippen molar-refractivity contribution in [3.63, 3.8) is 0 Å². The van der Waals surface area contributed by atoms with E-state index >= 15 is 0 Å². The molecule has 6 rings (SSSR count). The molecular formula is C35H36N4O4. The van der Waals surface area contributed by atoms with Gasteiger partial charge in [-0.25, -0.2) is 9.48 Å². The number of aliphatic carboxylic acids is 1. The number of amides is 2. The number of nitrogens with one attached hydrogen (secondary N) is 1. The highest BCUT2D eigenvalue weighted by atomic mass is 16.4. The zero-order valence-corrected chi connectivity index (χ0v) is 24.1. The predicted molar refractivity (Wildman–Crippen MR) is 167 cm³/mol. The Labute approximate surface area is 251 Å². The van der Waals surface area contributed by atoms with Crippen LogP contribution < -0.4 is 5.32 Å². The van der Waals surface area contributed by atoms with Crippen molar-refractivity contribution < 1.29 is 19.5 Å². The molecule has 0 radical (unpaired) electrons. The molecule has 2 N–H and O–H groups in total. The van der Waals surface area contributed by atoms with Crippen molar-refractivity contribution in [2.24, 2.45) is 5.92 Å². The molecule has 2 aliphatic rings. The fourth-order valence-electron chi connectivity index (χ4n) is 6.42. The number of benzene rings is 3. The Balaban J connectivity index is 1.18. The van der Waals surface area contributed by atoms with E-state index in [1.807, 2.05) is 30.3 Å². The van der Waals surface area contributed by atoms with E-state index in [-0.39, 0.29) is 17.7 Å². The van der Waals surface area contributed by atoms with Crippen molar-refractivity contribution in [2.45, 2.75) is 50.9 Å². The molecular weight excluding hydrogens is 540 g/mol. The summed E-state index contributed by atoms with van der Waals surface area (Å²) in [6.07, 6.45) is 10.1. The SMILES string of the molecule is O=C(O)C=Cc1ccc(NC(=O)C2CCCN(C(=O)c3ccc4c(C5CCCCC5)n(-c5ccccc5)nc4c3)C2)cc1. The lowest BCUT2D eigenvalue weighted by atomic mass is 9.85. The topological polar surface area (TPSA) is 105 Å². The number of carbonyl (C=O) groups is 3. The number of likely N-dealkylation sites (tertiary alicyclic amines) is 1. The van der Waals surface area contributed by atoms with E-state index in [0.717, 1.165) is 47.5 Å². The quantitative estimate of drug-likeness (QED) is 0.239. The van der Waals surface area contributed by atoms with Crippen molar-refractivity contribution >= 4 is 40.4 Å². The highest BCUT2D eigenvalue weighted by Crippen LogP contribution is 2.38. The lowest BCUT2D eigenvalue weighted by Gasteiger charge is -2.32. The summed E-state index contributed by atoms with van der Waals surface area (Å²) in [5, 5.41) is 17.9. The van der Waals surface area contributed by atoms with Crippen molar-refractivity contribution in [1.29, 1.82) is 0 Å². The summed E-state index contributed by atoms with van der Waals surface area (Å²) in [4.78, 5) is 39.3. The van der Waals surface area contributed by atoms with E-state index in [2.05, 4.69) is 28.2 Å². The number of para-hydroxylation sites is 1. The van der Waals surface area contributed by atoms with Crippen LogP contribution in [0.15, 0.2) is 78.9 Å². The molecule has 0 bridgehead atoms. The van der Waals surface area contributed by atoms with Gasteiger partial charge in [0.2, 0.25) is 5.91 Å². The Hall–Kier alpha value is -4.72. The number of piperidine rings is 1. The number of carbonyl (C=O) groups excluding carboxylic acids is 2. The second-order valence-electron chi connectivity index (χ2n) is 11.6. The zero-order chi connectivity index (χ0) is 29.8. The number of rotatable bonds is 7. The molecule has 4 aromatic rings. The Morgan fingerprint density at radius 1 is 0.884 bits per heavy atom. The molecule has 43 heavy (non-hydrogen) atoms. The molecule has 1 aliphatic carbocycles. The van der Waals surface area contributed by atoms with Crippen LogP contribution in [0, 0.1) is 5.92 Å². The van der Waals surface area contributed by atoms with Gasteiger partial charge in [0, 0.05) is 41.7 Å². The third-order valence-corrected chi connectivity index (χ3v) is 8.63. The van der Waals surface area contributed by atoms with E-state index in [4.69, 9.17) is 10.2 Å². The van der Waals surface area contributed by atoms with Crippen molar-refractivity contribution in [3.8, 4) is 5.69 Å². The summed E-state index contributed by atoms with van der Waals surface area (Å²) in [6.45, 7) is 0.963. The van der Waals surface area contributed by atoms with E-state index < -0.39 is 5.97 Å². The summed E-state index contributed by atoms with van der Waals surface area (Å²) >= 11 is 0. The second-order valence-corrected chi connectivity index (χ2v) is 11.6. The summed E-state index contributed by atoms with van der Waals surface area (Å²) in [5.41, 5.74) is 5.04. The smallest absolute Gasteiger partial charge is 0.328 e. The van der Waals surface area contributed by atoms with Crippen LogP contribution in [0.4, 0.5) is 5.69 Å². The molecule has 8 nitrogen and oxygen atoms in total. The van der Waals surface area contributed by atoms with Crippen LogP contribution in [-0.2, 0) is 9.59 Å². The number of fused-ring (bicyclic) bond motifs is 1. The van der Waals surface area contributed by atoms with Crippen LogP contribution in [0.2, 0.25) is 0 Å². The van der Waals surface area contributed by atoms with Gasteiger partial charge in [-0.2, -0.15) is 5.10 Å². The monoisotopic (exact) mass is 576 g/mol. The molecule has 2 fully saturated rings. The fraction of sp³-hybridized carbons (Fsp3) is 0.314. The van der Waals surface area contributed by atoms with Gasteiger partial charge in [0.1, 0.15) is 0 Å². The van der Waals surface area contributed by atoms with Crippen LogP contribution in [0.1, 0.15) is 72.5 Å². The maximum Gasteiger partial charge on any atom is 0.328 e. The Morgan fingerprint density at radius 3 is 2.40 bits per heavy atom. The van der Waals surface area contributed by atoms with Gasteiger partial charge in [0.05, 0.1) is 22.8 Å². The van der Waals surface area contributed by atoms with Gasteiger partial charge in [-0.1, -0.05) is 55.7 Å². The summed E-state index contributed by atoms with van der Waals surface area (Å²) < 4.78 is 2.07. The number of carboxylic acid groups (broad SMARTS) is 1. The predicted octanol–water partition coefficient (Wildman–Crippen LogP) is 6.66. The Kier molecular flexibility index (Phi) is 8.36. The molecule has 2 heterocycles. The van der Waals surface area contributed by atoms with Gasteiger partial charge in [-0.15, -0.1) is 0 Å². The summed E-state index contributed by atoms with van der Waals surface area (Å²) in [5.74, 6) is -1.09. The van der Waals surface area contributed by atoms with Gasteiger partial charge >= 0.3 is 5.97 Å². The first-order valence-corrected chi connectivity index (χ1v) is 15.2. The van der Waals surface area contributed by atoms with Crippen LogP contribution in [0.3, 0.4) is 0 Å². The van der Waals surface area contributed by atoms with Crippen LogP contribution in [0.5, 0.6) is 0 Å². The lowest BCUT2D eigenvalue weighted by molar-refractivity contribution is -0.131. The average Bonchev–Trinajstić information content (AvgIpc) is 3.44. The summed E-state index contributed by atoms with van der Waals surface area (Å²) in [6, 6.07) is 23.1.